The predicted octanol–water partition coefficient (Wildman–Crippen LogP) is 1.71. The molecule has 1 saturated carbocycles. The van der Waals surface area contributed by atoms with Crippen LogP contribution in [-0.2, 0) is 9.53 Å². The summed E-state index contributed by atoms with van der Waals surface area (Å²) in [6.07, 6.45) is 4.74. The smallest absolute Gasteiger partial charge is 0.320 e. The van der Waals surface area contributed by atoms with E-state index in [2.05, 4.69) is 17.9 Å². The molecule has 0 aliphatic heterocycles. The molecule has 0 unspecified atom stereocenters. The Balaban J connectivity index is 2.20. The molecule has 0 heterocycles. The highest BCUT2D eigenvalue weighted by molar-refractivity contribution is 5.71. The van der Waals surface area contributed by atoms with E-state index in [4.69, 9.17) is 10.00 Å². The zero-order chi connectivity index (χ0) is 11.8. The van der Waals surface area contributed by atoms with Crippen molar-refractivity contribution in [2.75, 3.05) is 19.7 Å². The number of esters is 1. The van der Waals surface area contributed by atoms with Crippen LogP contribution < -0.4 is 0 Å². The van der Waals surface area contributed by atoms with Crippen LogP contribution in [0.3, 0.4) is 0 Å². The van der Waals surface area contributed by atoms with E-state index in [1.165, 1.54) is 0 Å². The minimum Gasteiger partial charge on any atom is -0.465 e. The Morgan fingerprint density at radius 2 is 2.31 bits per heavy atom. The van der Waals surface area contributed by atoms with Gasteiger partial charge in [0.15, 0.2) is 0 Å². The van der Waals surface area contributed by atoms with Crippen LogP contribution in [0.25, 0.3) is 0 Å². The summed E-state index contributed by atoms with van der Waals surface area (Å²) in [7, 11) is 0. The van der Waals surface area contributed by atoms with Crippen molar-refractivity contribution in [1.29, 1.82) is 5.26 Å². The zero-order valence-electron chi connectivity index (χ0n) is 9.95. The summed E-state index contributed by atoms with van der Waals surface area (Å²) < 4.78 is 5.11. The number of rotatable bonds is 8. The second-order valence-corrected chi connectivity index (χ2v) is 4.18. The van der Waals surface area contributed by atoms with Crippen molar-refractivity contribution in [1.82, 2.24) is 4.90 Å². The quantitative estimate of drug-likeness (QED) is 0.465. The summed E-state index contributed by atoms with van der Waals surface area (Å²) in [6.45, 7) is 3.61. The number of ether oxygens (including phenoxy) is 1. The molecule has 0 aromatic carbocycles. The van der Waals surface area contributed by atoms with E-state index in [-0.39, 0.29) is 5.97 Å². The third kappa shape index (κ3) is 5.13. The highest BCUT2D eigenvalue weighted by atomic mass is 16.5. The second-order valence-electron chi connectivity index (χ2n) is 4.18. The normalized spacial score (nSPS) is 14.8. The molecule has 0 saturated heterocycles. The molecule has 0 aromatic heterocycles. The van der Waals surface area contributed by atoms with E-state index in [0.717, 1.165) is 25.7 Å². The highest BCUT2D eigenvalue weighted by Gasteiger charge is 2.30. The fraction of sp³-hybridized carbons (Fsp3) is 0.833. The van der Waals surface area contributed by atoms with Gasteiger partial charge in [-0.05, 0) is 19.3 Å². The van der Waals surface area contributed by atoms with E-state index in [1.54, 1.807) is 0 Å². The molecule has 0 atom stereocenters. The van der Waals surface area contributed by atoms with Crippen LogP contribution in [0.1, 0.15) is 39.0 Å². The van der Waals surface area contributed by atoms with Crippen LogP contribution in [-0.4, -0.2) is 36.6 Å². The predicted molar refractivity (Wildman–Crippen MR) is 60.7 cm³/mol. The molecule has 0 aromatic rings. The Morgan fingerprint density at radius 3 is 2.88 bits per heavy atom. The van der Waals surface area contributed by atoms with Gasteiger partial charge in [0.1, 0.15) is 0 Å². The lowest BCUT2D eigenvalue weighted by Crippen LogP contribution is -2.33. The first-order valence-corrected chi connectivity index (χ1v) is 6.04. The summed E-state index contributed by atoms with van der Waals surface area (Å²) in [4.78, 5) is 13.5. The van der Waals surface area contributed by atoms with Crippen molar-refractivity contribution in [3.05, 3.63) is 0 Å². The maximum absolute atomic E-state index is 11.5. The van der Waals surface area contributed by atoms with Crippen LogP contribution >= 0.6 is 0 Å². The first-order chi connectivity index (χ1) is 7.77. The van der Waals surface area contributed by atoms with Crippen molar-refractivity contribution in [3.8, 4) is 6.07 Å². The summed E-state index contributed by atoms with van der Waals surface area (Å²) in [5.41, 5.74) is 0. The van der Waals surface area contributed by atoms with Crippen LogP contribution in [0.15, 0.2) is 0 Å². The Hall–Kier alpha value is -1.08. The number of nitrogens with zero attached hydrogens (tertiary/aromatic N) is 2. The first-order valence-electron chi connectivity index (χ1n) is 6.04. The standard InChI is InChI=1S/C12H20N2O2/c1-2-3-9-16-12(15)10-14(8-4-7-13)11-5-6-11/h11H,2-6,8-10H2,1H3. The molecule has 0 N–H and O–H groups in total. The topological polar surface area (TPSA) is 53.3 Å². The van der Waals surface area contributed by atoms with Crippen molar-refractivity contribution in [2.24, 2.45) is 0 Å². The molecule has 16 heavy (non-hydrogen) atoms. The molecule has 0 spiro atoms. The molecule has 4 heteroatoms. The Kier molecular flexibility index (Phi) is 5.87. The Bertz CT molecular complexity index is 256. The Labute approximate surface area is 97.2 Å². The third-order valence-corrected chi connectivity index (χ3v) is 2.67. The van der Waals surface area contributed by atoms with Gasteiger partial charge in [0.25, 0.3) is 0 Å². The van der Waals surface area contributed by atoms with Gasteiger partial charge in [-0.15, -0.1) is 0 Å². The van der Waals surface area contributed by atoms with Gasteiger partial charge in [0, 0.05) is 19.0 Å². The van der Waals surface area contributed by atoms with Gasteiger partial charge in [-0.25, -0.2) is 0 Å². The van der Waals surface area contributed by atoms with E-state index in [0.29, 0.717) is 32.2 Å². The summed E-state index contributed by atoms with van der Waals surface area (Å²) in [5, 5.41) is 8.53. The monoisotopic (exact) mass is 224 g/mol. The third-order valence-electron chi connectivity index (χ3n) is 2.67. The Morgan fingerprint density at radius 1 is 1.56 bits per heavy atom. The second kappa shape index (κ2) is 7.24. The molecule has 0 bridgehead atoms. The summed E-state index contributed by atoms with van der Waals surface area (Å²) >= 11 is 0. The molecule has 1 fully saturated rings. The van der Waals surface area contributed by atoms with Gasteiger partial charge in [-0.1, -0.05) is 13.3 Å². The number of unbranched alkanes of at least 4 members (excludes halogenated alkanes) is 1. The molecule has 0 amide bonds. The van der Waals surface area contributed by atoms with Crippen molar-refractivity contribution in [2.45, 2.75) is 45.1 Å². The van der Waals surface area contributed by atoms with Gasteiger partial charge in [-0.2, -0.15) is 5.26 Å². The lowest BCUT2D eigenvalue weighted by Gasteiger charge is -2.19. The van der Waals surface area contributed by atoms with Gasteiger partial charge in [0.2, 0.25) is 0 Å². The van der Waals surface area contributed by atoms with Gasteiger partial charge in [0.05, 0.1) is 19.2 Å². The van der Waals surface area contributed by atoms with Gasteiger partial charge < -0.3 is 4.74 Å². The van der Waals surface area contributed by atoms with E-state index in [1.807, 2.05) is 0 Å². The van der Waals surface area contributed by atoms with E-state index in [9.17, 15) is 4.79 Å². The van der Waals surface area contributed by atoms with E-state index >= 15 is 0 Å². The molecule has 4 nitrogen and oxygen atoms in total. The molecule has 0 radical (unpaired) electrons. The van der Waals surface area contributed by atoms with Crippen LogP contribution in [0.5, 0.6) is 0 Å². The number of hydrogen-bond acceptors (Lipinski definition) is 4. The number of carbonyl (C=O) groups excluding carboxylic acids is 1. The number of carbonyl (C=O) groups is 1. The largest absolute Gasteiger partial charge is 0.465 e. The number of nitriles is 1. The van der Waals surface area contributed by atoms with Crippen LogP contribution in [0.4, 0.5) is 0 Å². The lowest BCUT2D eigenvalue weighted by atomic mass is 10.3. The van der Waals surface area contributed by atoms with E-state index < -0.39 is 0 Å². The maximum Gasteiger partial charge on any atom is 0.320 e. The molecular weight excluding hydrogens is 204 g/mol. The van der Waals surface area contributed by atoms with Crippen molar-refractivity contribution >= 4 is 5.97 Å². The first kappa shape index (κ1) is 13.0. The average Bonchev–Trinajstić information content (AvgIpc) is 3.08. The summed E-state index contributed by atoms with van der Waals surface area (Å²) in [5.74, 6) is -0.154. The van der Waals surface area contributed by atoms with Crippen molar-refractivity contribution < 1.29 is 9.53 Å². The molecule has 1 aliphatic carbocycles. The van der Waals surface area contributed by atoms with Crippen LogP contribution in [0, 0.1) is 11.3 Å². The average molecular weight is 224 g/mol. The summed E-state index contributed by atoms with van der Waals surface area (Å²) in [6, 6.07) is 2.62. The maximum atomic E-state index is 11.5. The molecule has 90 valence electrons. The number of hydrogen-bond donors (Lipinski definition) is 0. The highest BCUT2D eigenvalue weighted by Crippen LogP contribution is 2.26. The zero-order valence-corrected chi connectivity index (χ0v) is 9.95. The molecule has 1 aliphatic rings. The SMILES string of the molecule is CCCCOC(=O)CN(CCC#N)C1CC1. The minimum atomic E-state index is -0.154. The van der Waals surface area contributed by atoms with Crippen molar-refractivity contribution in [3.63, 3.8) is 0 Å². The fourth-order valence-electron chi connectivity index (χ4n) is 1.57. The van der Waals surface area contributed by atoms with Gasteiger partial charge in [-0.3, -0.25) is 9.69 Å². The molecular formula is C12H20N2O2. The lowest BCUT2D eigenvalue weighted by molar-refractivity contribution is -0.145. The fourth-order valence-corrected chi connectivity index (χ4v) is 1.57. The van der Waals surface area contributed by atoms with Gasteiger partial charge >= 0.3 is 5.97 Å². The molecule has 1 rings (SSSR count). The minimum absolute atomic E-state index is 0.154. The van der Waals surface area contributed by atoms with Crippen LogP contribution in [0.2, 0.25) is 0 Å².